The lowest BCUT2D eigenvalue weighted by atomic mass is 9.92. The molecule has 0 spiro atoms. The van der Waals surface area contributed by atoms with Crippen LogP contribution in [0.4, 0.5) is 5.69 Å². The predicted molar refractivity (Wildman–Crippen MR) is 132 cm³/mol. The minimum Gasteiger partial charge on any atom is -0.496 e. The fraction of sp³-hybridized carbons (Fsp3) is 0.667. The SMILES string of the molecule is COc1cc(N)c(Cl)cc1C(=O)NCC1CCN(C(=O)C2CCN(CCCCN)CC2)CC1. The number of nitrogens with zero attached hydrogens (tertiary/aromatic N) is 2. The number of ether oxygens (including phenoxy) is 1. The second-order valence-electron chi connectivity index (χ2n) is 9.16. The lowest BCUT2D eigenvalue weighted by molar-refractivity contribution is -0.138. The van der Waals surface area contributed by atoms with Gasteiger partial charge in [-0.1, -0.05) is 11.6 Å². The molecule has 2 heterocycles. The number of rotatable bonds is 9. The van der Waals surface area contributed by atoms with Crippen molar-refractivity contribution in [2.45, 2.75) is 38.5 Å². The first kappa shape index (κ1) is 25.6. The summed E-state index contributed by atoms with van der Waals surface area (Å²) >= 11 is 6.08. The molecule has 0 aromatic heterocycles. The number of nitrogens with one attached hydrogen (secondary N) is 1. The van der Waals surface area contributed by atoms with Crippen LogP contribution in [0.1, 0.15) is 48.9 Å². The highest BCUT2D eigenvalue weighted by atomic mass is 35.5. The Morgan fingerprint density at radius 2 is 1.82 bits per heavy atom. The molecular formula is C24H38ClN5O3. The number of carbonyl (C=O) groups excluding carboxylic acids is 2. The number of halogens is 1. The molecule has 0 aliphatic carbocycles. The minimum absolute atomic E-state index is 0.148. The van der Waals surface area contributed by atoms with Gasteiger partial charge in [0.25, 0.3) is 5.91 Å². The Balaban J connectivity index is 1.40. The van der Waals surface area contributed by atoms with Crippen LogP contribution in [0.15, 0.2) is 12.1 Å². The molecule has 2 aliphatic rings. The summed E-state index contributed by atoms with van der Waals surface area (Å²) in [4.78, 5) is 30.1. The van der Waals surface area contributed by atoms with Gasteiger partial charge in [0.15, 0.2) is 0 Å². The number of nitrogen functional groups attached to an aromatic ring is 1. The summed E-state index contributed by atoms with van der Waals surface area (Å²) in [5.74, 6) is 0.971. The quantitative estimate of drug-likeness (QED) is 0.370. The topological polar surface area (TPSA) is 114 Å². The van der Waals surface area contributed by atoms with Gasteiger partial charge in [-0.3, -0.25) is 9.59 Å². The van der Waals surface area contributed by atoms with Gasteiger partial charge in [-0.15, -0.1) is 0 Å². The molecule has 0 atom stereocenters. The van der Waals surface area contributed by atoms with Crippen molar-refractivity contribution in [2.24, 2.45) is 17.6 Å². The van der Waals surface area contributed by atoms with E-state index in [1.807, 2.05) is 4.90 Å². The van der Waals surface area contributed by atoms with Crippen LogP contribution < -0.4 is 21.5 Å². The van der Waals surface area contributed by atoms with Crippen molar-refractivity contribution in [1.29, 1.82) is 0 Å². The molecular weight excluding hydrogens is 442 g/mol. The van der Waals surface area contributed by atoms with E-state index in [1.54, 1.807) is 6.07 Å². The average molecular weight is 480 g/mol. The van der Waals surface area contributed by atoms with Crippen molar-refractivity contribution >= 4 is 29.1 Å². The number of unbranched alkanes of at least 4 members (excludes halogenated alkanes) is 1. The van der Waals surface area contributed by atoms with Gasteiger partial charge in [0.1, 0.15) is 5.75 Å². The van der Waals surface area contributed by atoms with Gasteiger partial charge >= 0.3 is 0 Å². The van der Waals surface area contributed by atoms with E-state index in [0.29, 0.717) is 40.4 Å². The van der Waals surface area contributed by atoms with E-state index in [-0.39, 0.29) is 11.8 Å². The Hall–Kier alpha value is -2.03. The zero-order valence-electron chi connectivity index (χ0n) is 19.7. The van der Waals surface area contributed by atoms with Crippen LogP contribution in [-0.2, 0) is 4.79 Å². The zero-order chi connectivity index (χ0) is 23.8. The normalized spacial score (nSPS) is 18.3. The summed E-state index contributed by atoms with van der Waals surface area (Å²) in [5.41, 5.74) is 12.1. The van der Waals surface area contributed by atoms with Crippen LogP contribution >= 0.6 is 11.6 Å². The number of likely N-dealkylation sites (tertiary alicyclic amines) is 2. The molecule has 184 valence electrons. The first-order chi connectivity index (χ1) is 15.9. The standard InChI is InChI=1S/C24H38ClN5O3/c1-33-22-15-21(27)20(25)14-19(22)23(31)28-16-17-4-12-30(13-5-17)24(32)18-6-10-29(11-7-18)9-3-2-8-26/h14-15,17-18H,2-13,16,26-27H2,1H3,(H,28,31). The van der Waals surface area contributed by atoms with Crippen LogP contribution in [0.25, 0.3) is 0 Å². The third-order valence-electron chi connectivity index (χ3n) is 6.91. The summed E-state index contributed by atoms with van der Waals surface area (Å²) in [6.45, 7) is 5.92. The zero-order valence-corrected chi connectivity index (χ0v) is 20.4. The molecule has 2 amide bonds. The van der Waals surface area contributed by atoms with Crippen LogP contribution in [-0.4, -0.2) is 74.5 Å². The second-order valence-corrected chi connectivity index (χ2v) is 9.57. The van der Waals surface area contributed by atoms with Gasteiger partial charge in [0, 0.05) is 31.6 Å². The summed E-state index contributed by atoms with van der Waals surface area (Å²) < 4.78 is 5.27. The van der Waals surface area contributed by atoms with Crippen molar-refractivity contribution in [1.82, 2.24) is 15.1 Å². The number of hydrogen-bond acceptors (Lipinski definition) is 6. The van der Waals surface area contributed by atoms with Crippen molar-refractivity contribution < 1.29 is 14.3 Å². The van der Waals surface area contributed by atoms with Gasteiger partial charge in [-0.2, -0.15) is 0 Å². The fourth-order valence-corrected chi connectivity index (χ4v) is 4.91. The molecule has 0 unspecified atom stereocenters. The van der Waals surface area contributed by atoms with Crippen molar-refractivity contribution in [3.05, 3.63) is 22.7 Å². The van der Waals surface area contributed by atoms with Gasteiger partial charge < -0.3 is 31.3 Å². The maximum absolute atomic E-state index is 13.0. The summed E-state index contributed by atoms with van der Waals surface area (Å²) in [7, 11) is 1.50. The molecule has 5 N–H and O–H groups in total. The number of amides is 2. The number of methoxy groups -OCH3 is 1. The molecule has 1 aromatic carbocycles. The first-order valence-corrected chi connectivity index (χ1v) is 12.4. The van der Waals surface area contributed by atoms with E-state index in [9.17, 15) is 9.59 Å². The second kappa shape index (κ2) is 12.4. The molecule has 0 radical (unpaired) electrons. The summed E-state index contributed by atoms with van der Waals surface area (Å²) in [6.07, 6.45) is 5.88. The summed E-state index contributed by atoms with van der Waals surface area (Å²) in [5, 5.41) is 3.32. The van der Waals surface area contributed by atoms with E-state index < -0.39 is 0 Å². The van der Waals surface area contributed by atoms with E-state index in [0.717, 1.165) is 77.8 Å². The lowest BCUT2D eigenvalue weighted by Crippen LogP contribution is -2.46. The van der Waals surface area contributed by atoms with E-state index >= 15 is 0 Å². The molecule has 0 bridgehead atoms. The molecule has 8 nitrogen and oxygen atoms in total. The Morgan fingerprint density at radius 3 is 2.45 bits per heavy atom. The molecule has 1 aromatic rings. The fourth-order valence-electron chi connectivity index (χ4n) is 4.75. The highest BCUT2D eigenvalue weighted by Gasteiger charge is 2.31. The van der Waals surface area contributed by atoms with Gasteiger partial charge in [-0.25, -0.2) is 0 Å². The molecule has 9 heteroatoms. The number of piperidine rings is 2. The molecule has 0 saturated carbocycles. The third-order valence-corrected chi connectivity index (χ3v) is 7.23. The average Bonchev–Trinajstić information content (AvgIpc) is 2.84. The Labute approximate surface area is 201 Å². The molecule has 2 saturated heterocycles. The number of nitrogens with two attached hydrogens (primary N) is 2. The largest absolute Gasteiger partial charge is 0.496 e. The number of anilines is 1. The Kier molecular flexibility index (Phi) is 9.64. The Bertz CT molecular complexity index is 806. The van der Waals surface area contributed by atoms with Crippen LogP contribution in [0.5, 0.6) is 5.75 Å². The Morgan fingerprint density at radius 1 is 1.12 bits per heavy atom. The first-order valence-electron chi connectivity index (χ1n) is 12.0. The maximum atomic E-state index is 13.0. The third kappa shape index (κ3) is 6.98. The highest BCUT2D eigenvalue weighted by Crippen LogP contribution is 2.29. The van der Waals surface area contributed by atoms with Crippen LogP contribution in [0.2, 0.25) is 5.02 Å². The van der Waals surface area contributed by atoms with Gasteiger partial charge in [0.05, 0.1) is 23.4 Å². The van der Waals surface area contributed by atoms with Crippen molar-refractivity contribution in [2.75, 3.05) is 58.7 Å². The number of carbonyl (C=O) groups is 2. The minimum atomic E-state index is -0.231. The van der Waals surface area contributed by atoms with E-state index in [4.69, 9.17) is 27.8 Å². The monoisotopic (exact) mass is 479 g/mol. The molecule has 2 fully saturated rings. The van der Waals surface area contributed by atoms with Crippen LogP contribution in [0, 0.1) is 11.8 Å². The van der Waals surface area contributed by atoms with Crippen LogP contribution in [0.3, 0.4) is 0 Å². The van der Waals surface area contributed by atoms with Crippen molar-refractivity contribution in [3.8, 4) is 5.75 Å². The molecule has 3 rings (SSSR count). The summed E-state index contributed by atoms with van der Waals surface area (Å²) in [6, 6.07) is 3.10. The number of hydrogen-bond donors (Lipinski definition) is 3. The van der Waals surface area contributed by atoms with Crippen molar-refractivity contribution in [3.63, 3.8) is 0 Å². The lowest BCUT2D eigenvalue weighted by Gasteiger charge is -2.37. The van der Waals surface area contributed by atoms with E-state index in [2.05, 4.69) is 10.2 Å². The van der Waals surface area contributed by atoms with Gasteiger partial charge in [-0.05, 0) is 76.7 Å². The highest BCUT2D eigenvalue weighted by molar-refractivity contribution is 6.33. The number of benzene rings is 1. The predicted octanol–water partition coefficient (Wildman–Crippen LogP) is 2.35. The smallest absolute Gasteiger partial charge is 0.255 e. The molecule has 33 heavy (non-hydrogen) atoms. The van der Waals surface area contributed by atoms with E-state index in [1.165, 1.54) is 13.2 Å². The molecule has 2 aliphatic heterocycles. The van der Waals surface area contributed by atoms with Gasteiger partial charge in [0.2, 0.25) is 5.91 Å². The maximum Gasteiger partial charge on any atom is 0.255 e.